The molecule has 0 aliphatic rings. The van der Waals surface area contributed by atoms with E-state index < -0.39 is 7.82 Å². The fourth-order valence-corrected chi connectivity index (χ4v) is 6.58. The van der Waals surface area contributed by atoms with Crippen molar-refractivity contribution < 1.29 is 28.5 Å². The van der Waals surface area contributed by atoms with E-state index in [4.69, 9.17) is 4.52 Å². The summed E-state index contributed by atoms with van der Waals surface area (Å²) in [5, 5.41) is 0. The minimum Gasteiger partial charge on any atom is -0.402 e. The molecule has 0 aliphatic heterocycles. The molecule has 0 heterocycles. The van der Waals surface area contributed by atoms with Crippen molar-refractivity contribution in [2.24, 2.45) is 0 Å². The van der Waals surface area contributed by atoms with Gasteiger partial charge in [0, 0.05) is 12.8 Å². The Morgan fingerprint density at radius 3 is 1.28 bits per heavy atom. The maximum Gasteiger partial charge on any atom is 0.524 e. The van der Waals surface area contributed by atoms with Crippen LogP contribution in [0.5, 0.6) is 5.75 Å². The molecule has 0 fully saturated rings. The summed E-state index contributed by atoms with van der Waals surface area (Å²) < 4.78 is 16.5. The topological polar surface area (TPSA) is 104 Å². The predicted molar refractivity (Wildman–Crippen MR) is 211 cm³/mol. The third-order valence-electron chi connectivity index (χ3n) is 9.13. The molecule has 8 heteroatoms. The number of hydrogen-bond donors (Lipinski definition) is 2. The Morgan fingerprint density at radius 2 is 0.900 bits per heavy atom. The van der Waals surface area contributed by atoms with Gasteiger partial charge >= 0.3 is 7.82 Å². The number of amides is 2. The number of rotatable bonds is 33. The second-order valence-corrected chi connectivity index (χ2v) is 15.0. The van der Waals surface area contributed by atoms with E-state index in [1.165, 1.54) is 102 Å². The number of anilines is 1. The number of hydrogen-bond acceptors (Lipinski definition) is 4. The highest BCUT2D eigenvalue weighted by Crippen LogP contribution is 2.42. The van der Waals surface area contributed by atoms with Gasteiger partial charge in [0.05, 0.1) is 5.69 Å². The van der Waals surface area contributed by atoms with Crippen LogP contribution in [0.25, 0.3) is 0 Å². The molecule has 0 atom stereocenters. The Balaban J connectivity index is 2.45. The van der Waals surface area contributed by atoms with E-state index in [-0.39, 0.29) is 36.1 Å². The minimum atomic E-state index is -4.88. The summed E-state index contributed by atoms with van der Waals surface area (Å²) >= 11 is 0. The van der Waals surface area contributed by atoms with Crippen LogP contribution in [-0.4, -0.2) is 21.6 Å². The van der Waals surface area contributed by atoms with E-state index in [9.17, 15) is 23.9 Å². The molecule has 7 nitrogen and oxygen atoms in total. The van der Waals surface area contributed by atoms with Gasteiger partial charge in [-0.25, -0.2) is 9.46 Å². The molecule has 0 spiro atoms. The predicted octanol–water partition coefficient (Wildman–Crippen LogP) is 13.1. The van der Waals surface area contributed by atoms with Crippen molar-refractivity contribution in [3.8, 4) is 5.75 Å². The monoisotopic (exact) mass is 718 g/mol. The van der Waals surface area contributed by atoms with Crippen molar-refractivity contribution >= 4 is 25.3 Å². The molecule has 50 heavy (non-hydrogen) atoms. The van der Waals surface area contributed by atoms with Crippen molar-refractivity contribution in [1.82, 2.24) is 0 Å². The number of benzene rings is 1. The molecule has 1 rings (SSSR count). The standard InChI is InChI=1S/C42H72NO6P/c1-3-5-7-9-11-13-15-17-19-21-23-25-27-29-31-37-41(44)43(39-35-33-34-36-40(39)49-50(46,47)48)42(45)38-32-30-28-26-24-22-20-18-16-14-12-10-8-6-4-2/h17-20,33-36H,3-16,21-32,37-38H2,1-2H3,(H2,46,47,48). The van der Waals surface area contributed by atoms with E-state index in [2.05, 4.69) is 38.2 Å². The van der Waals surface area contributed by atoms with Crippen molar-refractivity contribution in [3.05, 3.63) is 48.6 Å². The van der Waals surface area contributed by atoms with Crippen LogP contribution in [0.4, 0.5) is 5.69 Å². The Labute approximate surface area is 306 Å². The van der Waals surface area contributed by atoms with Gasteiger partial charge in [-0.2, -0.15) is 0 Å². The Kier molecular flexibility index (Phi) is 28.9. The number of nitrogens with zero attached hydrogens (tertiary/aromatic N) is 1. The van der Waals surface area contributed by atoms with Crippen LogP contribution in [0.2, 0.25) is 0 Å². The molecule has 0 saturated heterocycles. The zero-order valence-electron chi connectivity index (χ0n) is 31.8. The fourth-order valence-electron chi connectivity index (χ4n) is 6.17. The van der Waals surface area contributed by atoms with Crippen LogP contribution in [-0.2, 0) is 14.2 Å². The first-order chi connectivity index (χ1) is 24.3. The Morgan fingerprint density at radius 1 is 0.560 bits per heavy atom. The summed E-state index contributed by atoms with van der Waals surface area (Å²) in [5.41, 5.74) is 0.0892. The van der Waals surface area contributed by atoms with E-state index in [1.807, 2.05) is 0 Å². The van der Waals surface area contributed by atoms with Crippen LogP contribution in [0.1, 0.15) is 194 Å². The van der Waals surface area contributed by atoms with Gasteiger partial charge in [-0.05, 0) is 76.3 Å². The Bertz CT molecular complexity index is 1050. The largest absolute Gasteiger partial charge is 0.524 e. The molecule has 2 amide bonds. The number of allylic oxidation sites excluding steroid dienone is 4. The number of unbranched alkanes of at least 4 members (excludes halogenated alkanes) is 22. The molecule has 0 aromatic heterocycles. The lowest BCUT2D eigenvalue weighted by Gasteiger charge is -2.23. The highest BCUT2D eigenvalue weighted by Gasteiger charge is 2.28. The summed E-state index contributed by atoms with van der Waals surface area (Å²) in [6, 6.07) is 6.10. The first kappa shape index (κ1) is 45.8. The van der Waals surface area contributed by atoms with E-state index in [1.54, 1.807) is 12.1 Å². The van der Waals surface area contributed by atoms with Crippen LogP contribution < -0.4 is 9.42 Å². The summed E-state index contributed by atoms with van der Waals surface area (Å²) in [4.78, 5) is 46.9. The van der Waals surface area contributed by atoms with Crippen LogP contribution in [0, 0.1) is 0 Å². The van der Waals surface area contributed by atoms with Gasteiger partial charge in [0.2, 0.25) is 11.8 Å². The molecule has 0 unspecified atom stereocenters. The van der Waals surface area contributed by atoms with Crippen molar-refractivity contribution in [2.45, 2.75) is 194 Å². The van der Waals surface area contributed by atoms with Gasteiger partial charge in [-0.3, -0.25) is 19.4 Å². The van der Waals surface area contributed by atoms with Gasteiger partial charge in [0.1, 0.15) is 0 Å². The van der Waals surface area contributed by atoms with Gasteiger partial charge in [-0.15, -0.1) is 0 Å². The quantitative estimate of drug-likeness (QED) is 0.0426. The van der Waals surface area contributed by atoms with E-state index >= 15 is 0 Å². The van der Waals surface area contributed by atoms with Crippen molar-refractivity contribution in [2.75, 3.05) is 4.90 Å². The SMILES string of the molecule is CCCCCCCCC=CCCCCCCCC(=O)N(C(=O)CCCCCCCC=CCCCCCCCC)c1ccccc1OP(=O)(O)O. The summed E-state index contributed by atoms with van der Waals surface area (Å²) in [7, 11) is -4.88. The molecule has 2 N–H and O–H groups in total. The first-order valence-corrected chi connectivity index (χ1v) is 21.8. The highest BCUT2D eigenvalue weighted by atomic mass is 31.2. The first-order valence-electron chi connectivity index (χ1n) is 20.3. The average Bonchev–Trinajstić information content (AvgIpc) is 3.08. The van der Waals surface area contributed by atoms with Crippen LogP contribution in [0.3, 0.4) is 0 Å². The average molecular weight is 718 g/mol. The molecule has 0 radical (unpaired) electrons. The zero-order valence-corrected chi connectivity index (χ0v) is 32.7. The van der Waals surface area contributed by atoms with E-state index in [0.29, 0.717) is 12.8 Å². The molecule has 286 valence electrons. The van der Waals surface area contributed by atoms with E-state index in [0.717, 1.165) is 69.1 Å². The third-order valence-corrected chi connectivity index (χ3v) is 9.56. The Hall–Kier alpha value is -2.21. The number of carbonyl (C=O) groups excluding carboxylic acids is 2. The highest BCUT2D eigenvalue weighted by molar-refractivity contribution is 7.46. The molecule has 1 aromatic carbocycles. The lowest BCUT2D eigenvalue weighted by atomic mass is 10.1. The van der Waals surface area contributed by atoms with Gasteiger partial charge in [0.15, 0.2) is 5.75 Å². The molecular formula is C42H72NO6P. The number of imide groups is 1. The maximum absolute atomic E-state index is 13.4. The minimum absolute atomic E-state index is 0.0892. The van der Waals surface area contributed by atoms with Crippen LogP contribution >= 0.6 is 7.82 Å². The van der Waals surface area contributed by atoms with Crippen LogP contribution in [0.15, 0.2) is 48.6 Å². The molecule has 0 bridgehead atoms. The lowest BCUT2D eigenvalue weighted by Crippen LogP contribution is -2.37. The maximum atomic E-state index is 13.4. The summed E-state index contributed by atoms with van der Waals surface area (Å²) in [5.74, 6) is -0.888. The molecule has 0 saturated carbocycles. The van der Waals surface area contributed by atoms with Gasteiger partial charge in [0.25, 0.3) is 0 Å². The second kappa shape index (κ2) is 31.5. The lowest BCUT2D eigenvalue weighted by molar-refractivity contribution is -0.126. The zero-order chi connectivity index (χ0) is 36.5. The number of phosphoric ester groups is 1. The number of para-hydroxylation sites is 2. The number of carbonyl (C=O) groups is 2. The van der Waals surface area contributed by atoms with Gasteiger partial charge < -0.3 is 4.52 Å². The second-order valence-electron chi connectivity index (χ2n) is 13.8. The molecular weight excluding hydrogens is 645 g/mol. The normalized spacial score (nSPS) is 11.9. The summed E-state index contributed by atoms with van der Waals surface area (Å²) in [6.45, 7) is 4.49. The summed E-state index contributed by atoms with van der Waals surface area (Å²) in [6.07, 6.45) is 39.7. The number of phosphoric acid groups is 1. The smallest absolute Gasteiger partial charge is 0.402 e. The molecule has 0 aliphatic carbocycles. The van der Waals surface area contributed by atoms with Crippen molar-refractivity contribution in [3.63, 3.8) is 0 Å². The van der Waals surface area contributed by atoms with Gasteiger partial charge in [-0.1, -0.05) is 153 Å². The fraction of sp³-hybridized carbons (Fsp3) is 0.714. The molecule has 1 aromatic rings. The van der Waals surface area contributed by atoms with Crippen molar-refractivity contribution in [1.29, 1.82) is 0 Å². The third kappa shape index (κ3) is 25.7.